The van der Waals surface area contributed by atoms with Gasteiger partial charge in [0.15, 0.2) is 0 Å². The second-order valence-corrected chi connectivity index (χ2v) is 27.2. The molecule has 0 amide bonds. The molecule has 0 saturated carbocycles. The average molecular weight is 1070 g/mol. The summed E-state index contributed by atoms with van der Waals surface area (Å²) in [6, 6.07) is 88.1. The Kier molecular flexibility index (Phi) is 8.42. The van der Waals surface area contributed by atoms with Crippen LogP contribution in [-0.4, -0.2) is 0 Å². The molecule has 3 aliphatic heterocycles. The number of anilines is 3. The lowest BCUT2D eigenvalue weighted by Gasteiger charge is -2.46. The van der Waals surface area contributed by atoms with E-state index in [1.54, 1.807) is 0 Å². The maximum Gasteiger partial charge on any atom is 0.146 e. The number of hydrogen-bond acceptors (Lipinski definition) is 4. The average Bonchev–Trinajstić information content (AvgIpc) is 1.78. The number of fused-ring (bicyclic) bond motifs is 20. The first-order valence-corrected chi connectivity index (χ1v) is 30.9. The summed E-state index contributed by atoms with van der Waals surface area (Å²) in [7, 11) is 0. The standard InChI is InChI=1S/C76H46NO2PS/c1-43-27-31-47(32-28-43)77-66-37-35-48(45-29-33-56-54-19-7-13-25-62(54)75(64(56)41-45)58-21-9-3-15-50(58)51-16-4-10-22-59(51)75)70-72(66)80(81)73-67(77)38-36-49(71(73)79-69-40-44(2)39-68(78-70)74(69)80)46-30-34-57-55-20-8-14-26-63(55)76(65(57)42-46)60-23-11-5-17-52(60)53-18-6-12-24-61(53)76/h3-42H,1-2H3. The lowest BCUT2D eigenvalue weighted by Crippen LogP contribution is -2.42. The second-order valence-electron chi connectivity index (χ2n) is 23.0. The van der Waals surface area contributed by atoms with E-state index >= 15 is 0 Å². The van der Waals surface area contributed by atoms with Gasteiger partial charge >= 0.3 is 0 Å². The number of nitrogens with zero attached hydrogens (tertiary/aromatic N) is 1. The molecule has 0 N–H and O–H groups in total. The van der Waals surface area contributed by atoms with Gasteiger partial charge in [-0.25, -0.2) is 0 Å². The second kappa shape index (κ2) is 15.3. The van der Waals surface area contributed by atoms with Crippen molar-refractivity contribution in [1.29, 1.82) is 0 Å². The zero-order chi connectivity index (χ0) is 53.3. The Hall–Kier alpha value is -9.31. The molecule has 3 heterocycles. The van der Waals surface area contributed by atoms with E-state index in [9.17, 15) is 0 Å². The lowest BCUT2D eigenvalue weighted by molar-refractivity contribution is 0.467. The molecule has 12 aromatic carbocycles. The molecule has 378 valence electrons. The predicted molar refractivity (Wildman–Crippen MR) is 334 cm³/mol. The highest BCUT2D eigenvalue weighted by molar-refractivity contribution is 8.26. The maximum atomic E-state index is 7.69. The number of ether oxygens (including phenoxy) is 2. The van der Waals surface area contributed by atoms with Crippen molar-refractivity contribution in [2.75, 3.05) is 4.90 Å². The molecule has 0 bridgehead atoms. The minimum Gasteiger partial charge on any atom is -0.455 e. The first-order valence-electron chi connectivity index (χ1n) is 28.1. The highest BCUT2D eigenvalue weighted by Gasteiger charge is 2.55. The fourth-order valence-corrected chi connectivity index (χ4v) is 21.1. The summed E-state index contributed by atoms with van der Waals surface area (Å²) >= 11 is 7.69. The molecule has 0 radical (unpaired) electrons. The molecule has 7 aliphatic rings. The van der Waals surface area contributed by atoms with Crippen molar-refractivity contribution >= 4 is 50.8 Å². The van der Waals surface area contributed by atoms with E-state index in [1.165, 1.54) is 94.6 Å². The van der Waals surface area contributed by atoms with Gasteiger partial charge in [0.05, 0.1) is 44.2 Å². The monoisotopic (exact) mass is 1070 g/mol. The molecule has 19 rings (SSSR count). The van der Waals surface area contributed by atoms with Crippen LogP contribution in [0.2, 0.25) is 0 Å². The summed E-state index contributed by atoms with van der Waals surface area (Å²) in [5.74, 6) is 3.22. The van der Waals surface area contributed by atoms with Crippen molar-refractivity contribution in [3.8, 4) is 89.8 Å². The van der Waals surface area contributed by atoms with Gasteiger partial charge in [0.25, 0.3) is 0 Å². The Morgan fingerprint density at radius 2 is 0.654 bits per heavy atom. The summed E-state index contributed by atoms with van der Waals surface area (Å²) in [5.41, 5.74) is 29.4. The Bertz CT molecular complexity index is 4560. The maximum absolute atomic E-state index is 7.69. The van der Waals surface area contributed by atoms with Crippen LogP contribution >= 0.6 is 6.04 Å². The third-order valence-electron chi connectivity index (χ3n) is 19.2. The van der Waals surface area contributed by atoms with Crippen LogP contribution in [0.3, 0.4) is 0 Å². The molecule has 0 fully saturated rings. The van der Waals surface area contributed by atoms with Gasteiger partial charge in [0, 0.05) is 16.8 Å². The Morgan fingerprint density at radius 1 is 0.321 bits per heavy atom. The van der Waals surface area contributed by atoms with Gasteiger partial charge in [0.2, 0.25) is 0 Å². The fraction of sp³-hybridized carbons (Fsp3) is 0.0526. The van der Waals surface area contributed by atoms with Gasteiger partial charge in [-0.15, -0.1) is 0 Å². The van der Waals surface area contributed by atoms with Crippen LogP contribution in [0.1, 0.15) is 55.6 Å². The van der Waals surface area contributed by atoms with Crippen LogP contribution in [0.4, 0.5) is 17.1 Å². The van der Waals surface area contributed by atoms with Gasteiger partial charge in [-0.05, 0) is 180 Å². The molecule has 4 aliphatic carbocycles. The number of aryl methyl sites for hydroxylation is 2. The third kappa shape index (κ3) is 5.22. The van der Waals surface area contributed by atoms with Crippen LogP contribution in [0.5, 0.6) is 23.0 Å². The van der Waals surface area contributed by atoms with Gasteiger partial charge in [0.1, 0.15) is 23.0 Å². The van der Waals surface area contributed by atoms with Crippen molar-refractivity contribution in [3.05, 3.63) is 298 Å². The highest BCUT2D eigenvalue weighted by Crippen LogP contribution is 2.69. The Morgan fingerprint density at radius 3 is 1.02 bits per heavy atom. The van der Waals surface area contributed by atoms with Crippen LogP contribution in [0.15, 0.2) is 243 Å². The van der Waals surface area contributed by atoms with Gasteiger partial charge in [-0.2, -0.15) is 0 Å². The minimum absolute atomic E-state index is 0.496. The molecule has 0 unspecified atom stereocenters. The summed E-state index contributed by atoms with van der Waals surface area (Å²) < 4.78 is 15.1. The van der Waals surface area contributed by atoms with E-state index in [-0.39, 0.29) is 0 Å². The first-order chi connectivity index (χ1) is 39.9. The zero-order valence-corrected chi connectivity index (χ0v) is 45.9. The van der Waals surface area contributed by atoms with E-state index < -0.39 is 16.9 Å². The van der Waals surface area contributed by atoms with Crippen molar-refractivity contribution < 1.29 is 9.47 Å². The van der Waals surface area contributed by atoms with Crippen molar-refractivity contribution in [2.24, 2.45) is 0 Å². The summed E-state index contributed by atoms with van der Waals surface area (Å²) in [5, 5.41) is 3.13. The van der Waals surface area contributed by atoms with E-state index in [1.807, 2.05) is 0 Å². The Labute approximate surface area is 475 Å². The first kappa shape index (κ1) is 44.5. The highest BCUT2D eigenvalue weighted by atomic mass is 32.4. The van der Waals surface area contributed by atoms with Crippen LogP contribution in [0.25, 0.3) is 66.8 Å². The van der Waals surface area contributed by atoms with Crippen LogP contribution in [-0.2, 0) is 22.6 Å². The van der Waals surface area contributed by atoms with Gasteiger partial charge in [-0.3, -0.25) is 0 Å². The van der Waals surface area contributed by atoms with Crippen molar-refractivity contribution in [1.82, 2.24) is 0 Å². The minimum atomic E-state index is -2.98. The molecule has 12 aromatic rings. The molecule has 81 heavy (non-hydrogen) atoms. The Balaban J connectivity index is 0.867. The van der Waals surface area contributed by atoms with Gasteiger partial charge in [-0.1, -0.05) is 199 Å². The fourth-order valence-electron chi connectivity index (χ4n) is 16.1. The molecule has 0 atom stereocenters. The predicted octanol–water partition coefficient (Wildman–Crippen LogP) is 18.1. The number of rotatable bonds is 3. The van der Waals surface area contributed by atoms with E-state index in [2.05, 4.69) is 261 Å². The quantitative estimate of drug-likeness (QED) is 0.164. The summed E-state index contributed by atoms with van der Waals surface area (Å²) in [6.07, 6.45) is 0. The molecule has 2 spiro atoms. The van der Waals surface area contributed by atoms with Crippen molar-refractivity contribution in [2.45, 2.75) is 24.7 Å². The smallest absolute Gasteiger partial charge is 0.146 e. The zero-order valence-electron chi connectivity index (χ0n) is 44.2. The third-order valence-corrected chi connectivity index (χ3v) is 24.0. The topological polar surface area (TPSA) is 21.7 Å². The normalized spacial score (nSPS) is 15.6. The summed E-state index contributed by atoms with van der Waals surface area (Å²) in [4.78, 5) is 2.42. The van der Waals surface area contributed by atoms with Gasteiger partial charge < -0.3 is 14.4 Å². The molecule has 0 saturated heterocycles. The largest absolute Gasteiger partial charge is 0.455 e. The molecular weight excluding hydrogens is 1020 g/mol. The molecule has 0 aromatic heterocycles. The SMILES string of the molecule is Cc1ccc(N2c3ccc(-c4ccc5c(c4)C4(c6ccccc6-c6ccccc64)c4ccccc4-5)c4c3P3(=S)c5c(cc(C)cc5Oc5c(-c6ccc7c(c6)C6(c8ccccc8-c8ccccc86)c6ccccc6-7)ccc2c53)O4)cc1. The lowest BCUT2D eigenvalue weighted by atomic mass is 9.70. The van der Waals surface area contributed by atoms with Crippen LogP contribution in [0, 0.1) is 13.8 Å². The summed E-state index contributed by atoms with van der Waals surface area (Å²) in [6.45, 7) is 4.29. The van der Waals surface area contributed by atoms with E-state index in [0.29, 0.717) is 0 Å². The van der Waals surface area contributed by atoms with Crippen molar-refractivity contribution in [3.63, 3.8) is 0 Å². The van der Waals surface area contributed by atoms with Crippen LogP contribution < -0.4 is 30.3 Å². The molecule has 3 nitrogen and oxygen atoms in total. The van der Waals surface area contributed by atoms with E-state index in [0.717, 1.165) is 83.8 Å². The molecule has 5 heteroatoms. The van der Waals surface area contributed by atoms with E-state index in [4.69, 9.17) is 21.3 Å². The number of benzene rings is 12. The molecular formula is C76H46NO2PS. The number of hydrogen-bond donors (Lipinski definition) is 0.